The number of carbonyl (C=O) groups is 1. The number of thiazole rings is 1. The lowest BCUT2D eigenvalue weighted by Crippen LogP contribution is -2.32. The van der Waals surface area contributed by atoms with Crippen molar-refractivity contribution in [3.63, 3.8) is 0 Å². The maximum Gasteiger partial charge on any atom is 0.260 e. The molecule has 0 aliphatic carbocycles. The third-order valence-electron chi connectivity index (χ3n) is 6.05. The first kappa shape index (κ1) is 27.7. The van der Waals surface area contributed by atoms with Crippen LogP contribution in [-0.2, 0) is 16.6 Å². The third kappa shape index (κ3) is 6.20. The summed E-state index contributed by atoms with van der Waals surface area (Å²) in [6.07, 6.45) is 5.10. The lowest BCUT2D eigenvalue weighted by Gasteiger charge is -2.21. The molecule has 0 aliphatic heterocycles. The van der Waals surface area contributed by atoms with Crippen LogP contribution >= 0.6 is 11.3 Å². The van der Waals surface area contributed by atoms with Gasteiger partial charge in [-0.15, -0.1) is 0 Å². The normalized spacial score (nSPS) is 11.7. The zero-order valence-electron chi connectivity index (χ0n) is 21.8. The molecule has 0 saturated heterocycles. The van der Waals surface area contributed by atoms with E-state index in [1.165, 1.54) is 27.8 Å². The largest absolute Gasteiger partial charge is 0.494 e. The number of ether oxygens (including phenoxy) is 1. The lowest BCUT2D eigenvalue weighted by molar-refractivity contribution is 0.0985. The molecule has 0 saturated carbocycles. The van der Waals surface area contributed by atoms with Crippen LogP contribution in [0.2, 0.25) is 0 Å². The van der Waals surface area contributed by atoms with Crippen LogP contribution in [0.5, 0.6) is 5.75 Å². The molecule has 200 valence electrons. The zero-order valence-corrected chi connectivity index (χ0v) is 23.5. The summed E-state index contributed by atoms with van der Waals surface area (Å²) < 4.78 is 34.2. The van der Waals surface area contributed by atoms with Gasteiger partial charge in [0.1, 0.15) is 5.75 Å². The van der Waals surface area contributed by atoms with Crippen LogP contribution < -0.4 is 9.64 Å². The molecule has 0 fully saturated rings. The van der Waals surface area contributed by atoms with Crippen LogP contribution in [0.25, 0.3) is 10.2 Å². The van der Waals surface area contributed by atoms with Crippen LogP contribution in [0.15, 0.2) is 71.9 Å². The maximum absolute atomic E-state index is 13.8. The lowest BCUT2D eigenvalue weighted by atomic mass is 10.2. The molecule has 0 N–H and O–H groups in total. The predicted octanol–water partition coefficient (Wildman–Crippen LogP) is 5.75. The van der Waals surface area contributed by atoms with Gasteiger partial charge in [0.15, 0.2) is 5.13 Å². The van der Waals surface area contributed by atoms with E-state index in [1.54, 1.807) is 29.4 Å². The van der Waals surface area contributed by atoms with Crippen molar-refractivity contribution < 1.29 is 17.9 Å². The standard InChI is InChI=1S/C28H32N4O4S2/c1-4-7-17-31(5-2)38(34,35)24-13-10-22(11-14-24)27(33)32(20-21-9-8-16-29-19-21)28-30-25-15-12-23(36-6-3)18-26(25)37-28/h8-16,18-19H,4-7,17,20H2,1-3H3. The SMILES string of the molecule is CCCCN(CC)S(=O)(=O)c1ccc(C(=O)N(Cc2cccnc2)c2nc3ccc(OCC)cc3s2)cc1. The summed E-state index contributed by atoms with van der Waals surface area (Å²) in [5.41, 5.74) is 1.99. The number of rotatable bonds is 12. The Morgan fingerprint density at radius 1 is 1.05 bits per heavy atom. The Labute approximate surface area is 228 Å². The highest BCUT2D eigenvalue weighted by Gasteiger charge is 2.25. The molecule has 2 heterocycles. The highest BCUT2D eigenvalue weighted by molar-refractivity contribution is 7.89. The van der Waals surface area contributed by atoms with Gasteiger partial charge in [-0.25, -0.2) is 13.4 Å². The molecule has 4 rings (SSSR count). The molecule has 0 atom stereocenters. The molecule has 0 spiro atoms. The average molecular weight is 553 g/mol. The molecule has 10 heteroatoms. The minimum absolute atomic E-state index is 0.175. The second-order valence-electron chi connectivity index (χ2n) is 8.69. The van der Waals surface area contributed by atoms with E-state index in [-0.39, 0.29) is 17.3 Å². The smallest absolute Gasteiger partial charge is 0.260 e. The average Bonchev–Trinajstić information content (AvgIpc) is 3.35. The first-order chi connectivity index (χ1) is 18.4. The van der Waals surface area contributed by atoms with Crippen molar-refractivity contribution in [2.24, 2.45) is 0 Å². The number of aromatic nitrogens is 2. The Morgan fingerprint density at radius 2 is 1.84 bits per heavy atom. The molecule has 2 aromatic carbocycles. The van der Waals surface area contributed by atoms with Gasteiger partial charge >= 0.3 is 0 Å². The third-order valence-corrected chi connectivity index (χ3v) is 9.08. The molecule has 0 radical (unpaired) electrons. The van der Waals surface area contributed by atoms with Crippen LogP contribution in [0.4, 0.5) is 5.13 Å². The fourth-order valence-electron chi connectivity index (χ4n) is 4.02. The van der Waals surface area contributed by atoms with Crippen LogP contribution in [0.1, 0.15) is 49.5 Å². The summed E-state index contributed by atoms with van der Waals surface area (Å²) in [6, 6.07) is 15.5. The molecule has 4 aromatic rings. The van der Waals surface area contributed by atoms with Crippen molar-refractivity contribution in [2.45, 2.75) is 45.1 Å². The molecular formula is C28H32N4O4S2. The number of unbranched alkanes of at least 4 members (excludes halogenated alkanes) is 1. The number of hydrogen-bond acceptors (Lipinski definition) is 7. The van der Waals surface area contributed by atoms with E-state index >= 15 is 0 Å². The molecule has 38 heavy (non-hydrogen) atoms. The van der Waals surface area contributed by atoms with E-state index in [2.05, 4.69) is 4.98 Å². The fourth-order valence-corrected chi connectivity index (χ4v) is 6.50. The Morgan fingerprint density at radius 3 is 2.50 bits per heavy atom. The monoisotopic (exact) mass is 552 g/mol. The van der Waals surface area contributed by atoms with E-state index in [0.717, 1.165) is 34.4 Å². The van der Waals surface area contributed by atoms with Crippen molar-refractivity contribution >= 4 is 42.6 Å². The summed E-state index contributed by atoms with van der Waals surface area (Å²) in [7, 11) is -3.64. The number of hydrogen-bond donors (Lipinski definition) is 0. The Hall–Kier alpha value is -3.34. The number of amides is 1. The van der Waals surface area contributed by atoms with Crippen molar-refractivity contribution in [2.75, 3.05) is 24.6 Å². The minimum Gasteiger partial charge on any atom is -0.494 e. The summed E-state index contributed by atoms with van der Waals surface area (Å²) in [5.74, 6) is 0.470. The molecule has 0 bridgehead atoms. The number of sulfonamides is 1. The van der Waals surface area contributed by atoms with E-state index in [1.807, 2.05) is 51.1 Å². The van der Waals surface area contributed by atoms with Gasteiger partial charge in [0.05, 0.1) is 28.3 Å². The fraction of sp³-hybridized carbons (Fsp3) is 0.321. The van der Waals surface area contributed by atoms with Gasteiger partial charge in [-0.3, -0.25) is 14.7 Å². The molecule has 0 aliphatic rings. The van der Waals surface area contributed by atoms with E-state index in [9.17, 15) is 13.2 Å². The first-order valence-electron chi connectivity index (χ1n) is 12.7. The summed E-state index contributed by atoms with van der Waals surface area (Å²) >= 11 is 1.40. The summed E-state index contributed by atoms with van der Waals surface area (Å²) in [6.45, 7) is 7.48. The first-order valence-corrected chi connectivity index (χ1v) is 15.0. The second-order valence-corrected chi connectivity index (χ2v) is 11.6. The molecule has 8 nitrogen and oxygen atoms in total. The predicted molar refractivity (Wildman–Crippen MR) is 151 cm³/mol. The van der Waals surface area contributed by atoms with Gasteiger partial charge in [0, 0.05) is 31.0 Å². The van der Waals surface area contributed by atoms with Crippen LogP contribution in [-0.4, -0.2) is 48.3 Å². The number of fused-ring (bicyclic) bond motifs is 1. The van der Waals surface area contributed by atoms with Gasteiger partial charge < -0.3 is 4.74 Å². The number of nitrogens with zero attached hydrogens (tertiary/aromatic N) is 4. The maximum atomic E-state index is 13.8. The van der Waals surface area contributed by atoms with Crippen molar-refractivity contribution in [3.8, 4) is 5.75 Å². The van der Waals surface area contributed by atoms with E-state index in [4.69, 9.17) is 9.72 Å². The van der Waals surface area contributed by atoms with Gasteiger partial charge in [0.2, 0.25) is 10.0 Å². The topological polar surface area (TPSA) is 92.7 Å². The minimum atomic E-state index is -3.64. The summed E-state index contributed by atoms with van der Waals surface area (Å²) in [5, 5.41) is 0.538. The Balaban J connectivity index is 1.66. The van der Waals surface area contributed by atoms with Gasteiger partial charge in [-0.05, 0) is 67.4 Å². The van der Waals surface area contributed by atoms with Gasteiger partial charge in [-0.2, -0.15) is 4.31 Å². The van der Waals surface area contributed by atoms with Gasteiger partial charge in [-0.1, -0.05) is 37.7 Å². The molecule has 1 amide bonds. The van der Waals surface area contributed by atoms with E-state index < -0.39 is 10.0 Å². The number of carbonyl (C=O) groups excluding carboxylic acids is 1. The molecule has 2 aromatic heterocycles. The van der Waals surface area contributed by atoms with Crippen molar-refractivity contribution in [1.82, 2.24) is 14.3 Å². The van der Waals surface area contributed by atoms with Crippen molar-refractivity contribution in [3.05, 3.63) is 78.1 Å². The number of pyridine rings is 1. The Bertz CT molecular complexity index is 1470. The summed E-state index contributed by atoms with van der Waals surface area (Å²) in [4.78, 5) is 24.5. The van der Waals surface area contributed by atoms with Gasteiger partial charge in [0.25, 0.3) is 5.91 Å². The van der Waals surface area contributed by atoms with E-state index in [0.29, 0.717) is 30.4 Å². The highest BCUT2D eigenvalue weighted by Crippen LogP contribution is 2.33. The van der Waals surface area contributed by atoms with Crippen molar-refractivity contribution in [1.29, 1.82) is 0 Å². The highest BCUT2D eigenvalue weighted by atomic mass is 32.2. The quantitative estimate of drug-likeness (QED) is 0.222. The second kappa shape index (κ2) is 12.5. The molecular weight excluding hydrogens is 520 g/mol. The number of benzene rings is 2. The van der Waals surface area contributed by atoms with Crippen LogP contribution in [0, 0.1) is 0 Å². The number of anilines is 1. The Kier molecular flexibility index (Phi) is 9.09. The van der Waals surface area contributed by atoms with Crippen LogP contribution in [0.3, 0.4) is 0 Å². The zero-order chi connectivity index (χ0) is 27.1. The molecule has 0 unspecified atom stereocenters.